The Labute approximate surface area is 253 Å². The largest absolute Gasteiger partial charge is 0.481 e. The van der Waals surface area contributed by atoms with Gasteiger partial charge in [0, 0.05) is 35.0 Å². The fourth-order valence-electron chi connectivity index (χ4n) is 5.30. The van der Waals surface area contributed by atoms with E-state index in [0.29, 0.717) is 36.1 Å². The molecule has 5 rings (SSSR count). The smallest absolute Gasteiger partial charge is 0.304 e. The molecule has 1 saturated carbocycles. The van der Waals surface area contributed by atoms with E-state index in [2.05, 4.69) is 9.71 Å². The lowest BCUT2D eigenvalue weighted by molar-refractivity contribution is -0.159. The quantitative estimate of drug-likeness (QED) is 0.273. The third-order valence-electron chi connectivity index (χ3n) is 7.58. The van der Waals surface area contributed by atoms with Gasteiger partial charge in [-0.2, -0.15) is 0 Å². The minimum Gasteiger partial charge on any atom is -0.481 e. The number of benzene rings is 2. The number of pyridine rings is 1. The highest BCUT2D eigenvalue weighted by molar-refractivity contribution is 7.82. The van der Waals surface area contributed by atoms with Gasteiger partial charge >= 0.3 is 5.97 Å². The van der Waals surface area contributed by atoms with Gasteiger partial charge in [-0.25, -0.2) is 8.93 Å². The Kier molecular flexibility index (Phi) is 10.9. The molecule has 2 aliphatic rings. The molecule has 1 aliphatic carbocycles. The predicted octanol–water partition coefficient (Wildman–Crippen LogP) is 6.45. The van der Waals surface area contributed by atoms with Crippen molar-refractivity contribution in [2.75, 3.05) is 6.54 Å². The second-order valence-corrected chi connectivity index (χ2v) is 13.0. The summed E-state index contributed by atoms with van der Waals surface area (Å²) >= 11 is 11.6. The van der Waals surface area contributed by atoms with Gasteiger partial charge < -0.3 is 10.0 Å². The van der Waals surface area contributed by atoms with Gasteiger partial charge in [0.05, 0.1) is 34.6 Å². The Morgan fingerprint density at radius 2 is 1.76 bits per heavy atom. The summed E-state index contributed by atoms with van der Waals surface area (Å²) < 4.78 is 15.9. The molecule has 2 unspecified atom stereocenters. The monoisotopic (exact) mass is 615 g/mol. The normalized spacial score (nSPS) is 21.9. The Morgan fingerprint density at radius 3 is 2.32 bits per heavy atom. The maximum atomic E-state index is 13.9. The summed E-state index contributed by atoms with van der Waals surface area (Å²) in [6.07, 6.45) is 6.32. The molecule has 1 aliphatic heterocycles. The van der Waals surface area contributed by atoms with Crippen molar-refractivity contribution in [1.29, 1.82) is 0 Å². The summed E-state index contributed by atoms with van der Waals surface area (Å²) in [6.45, 7) is 2.14. The van der Waals surface area contributed by atoms with E-state index in [1.165, 1.54) is 0 Å². The molecule has 10 heteroatoms. The zero-order valence-corrected chi connectivity index (χ0v) is 25.2. The summed E-state index contributed by atoms with van der Waals surface area (Å²) in [6, 6.07) is 20.3. The standard InChI is InChI=1S/C25H30ClN3O4S.C6H5Cl/c1-25(13-23(30)31)11-10-21(18-6-8-20(26)9-7-18)29(24(25)32)22(19-4-5-19)15-28-34(33)16-17-3-2-12-27-14-17;7-6-4-2-1-3-5-6/h2-3,6-9,12,14,19,21-22,28H,4-5,10-11,13,15-16H2,1H3,(H,30,31);1-5H/t21-,22?,25+,34?;/m0./s1. The molecule has 3 aromatic rings. The zero-order chi connectivity index (χ0) is 29.4. The van der Waals surface area contributed by atoms with E-state index in [-0.39, 0.29) is 24.4 Å². The molecule has 1 aromatic heterocycles. The first-order chi connectivity index (χ1) is 19.7. The molecule has 41 heavy (non-hydrogen) atoms. The molecule has 1 amide bonds. The summed E-state index contributed by atoms with van der Waals surface area (Å²) in [4.78, 5) is 31.4. The number of piperidine rings is 1. The molecule has 2 N–H and O–H groups in total. The van der Waals surface area contributed by atoms with Crippen LogP contribution in [0.15, 0.2) is 79.1 Å². The predicted molar refractivity (Wildman–Crippen MR) is 163 cm³/mol. The Balaban J connectivity index is 0.000000483. The molecule has 2 fully saturated rings. The van der Waals surface area contributed by atoms with Crippen LogP contribution in [0.25, 0.3) is 0 Å². The van der Waals surface area contributed by atoms with Crippen LogP contribution in [0, 0.1) is 11.3 Å². The van der Waals surface area contributed by atoms with Gasteiger partial charge in [-0.1, -0.05) is 66.5 Å². The minimum absolute atomic E-state index is 0.141. The number of carbonyl (C=O) groups is 2. The van der Waals surface area contributed by atoms with E-state index in [1.807, 2.05) is 71.6 Å². The molecular formula is C31H35Cl2N3O4S. The highest BCUT2D eigenvalue weighted by Crippen LogP contribution is 2.47. The van der Waals surface area contributed by atoms with E-state index in [1.54, 1.807) is 19.3 Å². The number of rotatable bonds is 10. The van der Waals surface area contributed by atoms with Crippen molar-refractivity contribution in [2.45, 2.75) is 56.9 Å². The number of nitrogens with one attached hydrogen (secondary N) is 1. The molecule has 0 bridgehead atoms. The van der Waals surface area contributed by atoms with Crippen molar-refractivity contribution in [1.82, 2.24) is 14.6 Å². The number of aromatic nitrogens is 1. The third-order valence-corrected chi connectivity index (χ3v) is 9.17. The minimum atomic E-state index is -1.32. The average molecular weight is 617 g/mol. The molecule has 1 saturated heterocycles. The average Bonchev–Trinajstić information content (AvgIpc) is 3.78. The zero-order valence-electron chi connectivity index (χ0n) is 22.9. The number of carboxylic acid groups (broad SMARTS) is 1. The lowest BCUT2D eigenvalue weighted by atomic mass is 9.74. The van der Waals surface area contributed by atoms with Crippen LogP contribution in [0.4, 0.5) is 0 Å². The molecule has 0 spiro atoms. The molecular weight excluding hydrogens is 581 g/mol. The van der Waals surface area contributed by atoms with E-state index in [0.717, 1.165) is 29.0 Å². The van der Waals surface area contributed by atoms with Crippen LogP contribution in [-0.4, -0.2) is 43.7 Å². The van der Waals surface area contributed by atoms with Crippen molar-refractivity contribution >= 4 is 46.1 Å². The van der Waals surface area contributed by atoms with E-state index in [4.69, 9.17) is 23.2 Å². The number of amides is 1. The van der Waals surface area contributed by atoms with Gasteiger partial charge in [-0.15, -0.1) is 0 Å². The second kappa shape index (κ2) is 14.4. The number of hydrogen-bond acceptors (Lipinski definition) is 4. The topological polar surface area (TPSA) is 99.6 Å². The summed E-state index contributed by atoms with van der Waals surface area (Å²) in [5.41, 5.74) is 0.896. The fourth-order valence-corrected chi connectivity index (χ4v) is 6.50. The number of nitrogens with zero attached hydrogens (tertiary/aromatic N) is 2. The number of aliphatic carboxylic acids is 1. The van der Waals surface area contributed by atoms with E-state index >= 15 is 0 Å². The van der Waals surface area contributed by atoms with Crippen molar-refractivity contribution < 1.29 is 18.9 Å². The molecule has 218 valence electrons. The van der Waals surface area contributed by atoms with Gasteiger partial charge in [0.2, 0.25) is 5.91 Å². The number of halogens is 2. The lowest BCUT2D eigenvalue weighted by Gasteiger charge is -2.48. The van der Waals surface area contributed by atoms with Gasteiger partial charge in [-0.3, -0.25) is 14.6 Å². The van der Waals surface area contributed by atoms with Crippen LogP contribution >= 0.6 is 23.2 Å². The molecule has 2 aromatic carbocycles. The Hall–Kier alpha value is -2.78. The van der Waals surface area contributed by atoms with Crippen LogP contribution in [0.5, 0.6) is 0 Å². The highest BCUT2D eigenvalue weighted by atomic mass is 35.5. The Bertz CT molecular complexity index is 1330. The van der Waals surface area contributed by atoms with Crippen LogP contribution < -0.4 is 4.72 Å². The van der Waals surface area contributed by atoms with Gasteiger partial charge in [0.15, 0.2) is 0 Å². The van der Waals surface area contributed by atoms with Crippen LogP contribution in [-0.2, 0) is 26.3 Å². The molecule has 0 radical (unpaired) electrons. The van der Waals surface area contributed by atoms with E-state index < -0.39 is 22.4 Å². The molecule has 7 nitrogen and oxygen atoms in total. The number of hydrogen-bond donors (Lipinski definition) is 2. The van der Waals surface area contributed by atoms with Gasteiger partial charge in [0.25, 0.3) is 0 Å². The summed E-state index contributed by atoms with van der Waals surface area (Å²) in [5, 5.41) is 10.9. The lowest BCUT2D eigenvalue weighted by Crippen LogP contribution is -2.56. The third kappa shape index (κ3) is 8.85. The highest BCUT2D eigenvalue weighted by Gasteiger charge is 2.50. The van der Waals surface area contributed by atoms with Crippen molar-refractivity contribution in [3.63, 3.8) is 0 Å². The molecule has 2 heterocycles. The summed E-state index contributed by atoms with van der Waals surface area (Å²) in [5.74, 6) is -0.484. The van der Waals surface area contributed by atoms with Crippen LogP contribution in [0.3, 0.4) is 0 Å². The summed E-state index contributed by atoms with van der Waals surface area (Å²) in [7, 11) is -1.32. The maximum absolute atomic E-state index is 13.9. The van der Waals surface area contributed by atoms with Gasteiger partial charge in [-0.05, 0) is 73.1 Å². The molecule has 4 atom stereocenters. The fraction of sp³-hybridized carbons (Fsp3) is 0.387. The van der Waals surface area contributed by atoms with Crippen molar-refractivity contribution in [3.8, 4) is 0 Å². The van der Waals surface area contributed by atoms with Crippen molar-refractivity contribution in [3.05, 3.63) is 100 Å². The van der Waals surface area contributed by atoms with Crippen LogP contribution in [0.2, 0.25) is 10.0 Å². The van der Waals surface area contributed by atoms with E-state index in [9.17, 15) is 18.9 Å². The number of carbonyl (C=O) groups excluding carboxylic acids is 1. The Morgan fingerprint density at radius 1 is 1.07 bits per heavy atom. The van der Waals surface area contributed by atoms with Crippen LogP contribution in [0.1, 0.15) is 56.2 Å². The first kappa shape index (κ1) is 31.2. The second-order valence-electron chi connectivity index (χ2n) is 10.8. The van der Waals surface area contributed by atoms with Crippen molar-refractivity contribution in [2.24, 2.45) is 11.3 Å². The SMILES string of the molecule is C[C@]1(CC(=O)O)CC[C@@H](c2ccc(Cl)cc2)N(C(CNS(=O)Cc2cccnc2)C2CC2)C1=O.Clc1ccccc1. The number of likely N-dealkylation sites (tertiary alicyclic amines) is 1. The maximum Gasteiger partial charge on any atom is 0.304 e. The number of carboxylic acids is 1. The first-order valence-electron chi connectivity index (χ1n) is 13.7. The van der Waals surface area contributed by atoms with Gasteiger partial charge in [0.1, 0.15) is 0 Å². The first-order valence-corrected chi connectivity index (χ1v) is 15.7.